The molecule has 0 fully saturated rings. The number of amides is 1. The Morgan fingerprint density at radius 3 is 2.32 bits per heavy atom. The lowest BCUT2D eigenvalue weighted by Crippen LogP contribution is -2.39. The number of thiophene rings is 1. The van der Waals surface area contributed by atoms with Crippen LogP contribution in [0.15, 0.2) is 11.4 Å². The maximum absolute atomic E-state index is 13.2. The van der Waals surface area contributed by atoms with E-state index in [1.165, 1.54) is 10.4 Å². The molecule has 0 aromatic carbocycles. The Morgan fingerprint density at radius 2 is 1.82 bits per heavy atom. The Bertz CT molecular complexity index is 571. The molecule has 0 aliphatic heterocycles. The molecule has 0 aliphatic rings. The molecule has 2 unspecified atom stereocenters. The molecule has 1 amide bonds. The molecule has 0 bridgehead atoms. The number of rotatable bonds is 12. The van der Waals surface area contributed by atoms with Gasteiger partial charge < -0.3 is 9.80 Å². The van der Waals surface area contributed by atoms with Crippen LogP contribution < -0.4 is 0 Å². The molecule has 0 radical (unpaired) electrons. The molecule has 28 heavy (non-hydrogen) atoms. The Morgan fingerprint density at radius 1 is 1.18 bits per heavy atom. The molecule has 1 heterocycles. The van der Waals surface area contributed by atoms with E-state index in [4.69, 9.17) is 0 Å². The summed E-state index contributed by atoms with van der Waals surface area (Å²) in [5.41, 5.74) is 1.57. The van der Waals surface area contributed by atoms with E-state index in [2.05, 4.69) is 76.6 Å². The molecule has 162 valence electrons. The topological polar surface area (TPSA) is 23.6 Å². The van der Waals surface area contributed by atoms with Gasteiger partial charge >= 0.3 is 0 Å². The number of aryl methyl sites for hydroxylation is 1. The average Bonchev–Trinajstić information content (AvgIpc) is 2.99. The maximum atomic E-state index is 13.2. The normalized spacial score (nSPS) is 14.3. The molecule has 4 heteroatoms. The zero-order chi connectivity index (χ0) is 21.3. The SMILES string of the molecule is CCN(CC)CCCC(C)N(Cc1sccc1C)C(=O)CC(C)CC(C)(C)C. The first-order valence-electron chi connectivity index (χ1n) is 11.1. The molecule has 0 aliphatic carbocycles. The van der Waals surface area contributed by atoms with Gasteiger partial charge in [-0.3, -0.25) is 4.79 Å². The van der Waals surface area contributed by atoms with Crippen LogP contribution in [0.3, 0.4) is 0 Å². The standard InChI is InChI=1S/C24H44N2OS/c1-9-25(10-2)14-11-12-21(5)26(18-22-20(4)13-15-28-22)23(27)16-19(3)17-24(6,7)8/h13,15,19,21H,9-12,14,16-18H2,1-8H3. The second-order valence-corrected chi connectivity index (χ2v) is 10.6. The van der Waals surface area contributed by atoms with Crippen LogP contribution in [0.1, 0.15) is 84.6 Å². The van der Waals surface area contributed by atoms with Crippen LogP contribution in [-0.2, 0) is 11.3 Å². The van der Waals surface area contributed by atoms with Gasteiger partial charge in [0.2, 0.25) is 5.91 Å². The predicted molar refractivity (Wildman–Crippen MR) is 124 cm³/mol. The Hall–Kier alpha value is -0.870. The van der Waals surface area contributed by atoms with Crippen LogP contribution >= 0.6 is 11.3 Å². The third-order valence-corrected chi connectivity index (χ3v) is 6.62. The molecule has 1 aromatic rings. The van der Waals surface area contributed by atoms with Crippen molar-refractivity contribution in [2.75, 3.05) is 19.6 Å². The summed E-state index contributed by atoms with van der Waals surface area (Å²) in [5.74, 6) is 0.738. The van der Waals surface area contributed by atoms with Crippen LogP contribution in [-0.4, -0.2) is 41.4 Å². The largest absolute Gasteiger partial charge is 0.335 e. The molecule has 0 N–H and O–H groups in total. The fourth-order valence-electron chi connectivity index (χ4n) is 4.05. The van der Waals surface area contributed by atoms with Crippen molar-refractivity contribution in [3.63, 3.8) is 0 Å². The highest BCUT2D eigenvalue weighted by atomic mass is 32.1. The monoisotopic (exact) mass is 408 g/mol. The quantitative estimate of drug-likeness (QED) is 0.402. The average molecular weight is 409 g/mol. The van der Waals surface area contributed by atoms with Crippen molar-refractivity contribution in [1.82, 2.24) is 9.80 Å². The van der Waals surface area contributed by atoms with Gasteiger partial charge in [-0.05, 0) is 81.1 Å². The third-order valence-electron chi connectivity index (χ3n) is 5.61. The predicted octanol–water partition coefficient (Wildman–Crippen LogP) is 6.36. The molecule has 0 saturated heterocycles. The molecular formula is C24H44N2OS. The van der Waals surface area contributed by atoms with E-state index in [1.807, 2.05) is 0 Å². The second kappa shape index (κ2) is 12.0. The van der Waals surface area contributed by atoms with Gasteiger partial charge in [0.1, 0.15) is 0 Å². The van der Waals surface area contributed by atoms with Gasteiger partial charge in [-0.25, -0.2) is 0 Å². The van der Waals surface area contributed by atoms with E-state index >= 15 is 0 Å². The van der Waals surface area contributed by atoms with E-state index < -0.39 is 0 Å². The number of hydrogen-bond acceptors (Lipinski definition) is 3. The highest BCUT2D eigenvalue weighted by Gasteiger charge is 2.25. The molecule has 1 rings (SSSR count). The van der Waals surface area contributed by atoms with Crippen LogP contribution in [0.5, 0.6) is 0 Å². The van der Waals surface area contributed by atoms with E-state index in [1.54, 1.807) is 11.3 Å². The maximum Gasteiger partial charge on any atom is 0.223 e. The molecule has 1 aromatic heterocycles. The van der Waals surface area contributed by atoms with Crippen molar-refractivity contribution >= 4 is 17.2 Å². The van der Waals surface area contributed by atoms with Gasteiger partial charge in [-0.2, -0.15) is 0 Å². The zero-order valence-corrected chi connectivity index (χ0v) is 20.5. The Balaban J connectivity index is 2.77. The third kappa shape index (κ3) is 9.09. The molecule has 0 saturated carbocycles. The lowest BCUT2D eigenvalue weighted by Gasteiger charge is -2.32. The number of carbonyl (C=O) groups is 1. The van der Waals surface area contributed by atoms with Gasteiger partial charge in [0, 0.05) is 17.3 Å². The van der Waals surface area contributed by atoms with Crippen molar-refractivity contribution in [3.05, 3.63) is 21.9 Å². The van der Waals surface area contributed by atoms with Gasteiger partial charge in [-0.1, -0.05) is 41.5 Å². The summed E-state index contributed by atoms with van der Waals surface area (Å²) in [5, 5.41) is 2.14. The van der Waals surface area contributed by atoms with E-state index in [0.29, 0.717) is 18.2 Å². The van der Waals surface area contributed by atoms with Crippen LogP contribution in [0.25, 0.3) is 0 Å². The first-order valence-corrected chi connectivity index (χ1v) is 12.0. The summed E-state index contributed by atoms with van der Waals surface area (Å²) in [7, 11) is 0. The minimum atomic E-state index is 0.268. The summed E-state index contributed by atoms with van der Waals surface area (Å²) in [4.78, 5) is 19.2. The van der Waals surface area contributed by atoms with Gasteiger partial charge in [-0.15, -0.1) is 11.3 Å². The number of carbonyl (C=O) groups excluding carboxylic acids is 1. The van der Waals surface area contributed by atoms with Crippen molar-refractivity contribution < 1.29 is 4.79 Å². The smallest absolute Gasteiger partial charge is 0.223 e. The van der Waals surface area contributed by atoms with Crippen LogP contribution in [0.4, 0.5) is 0 Å². The highest BCUT2D eigenvalue weighted by molar-refractivity contribution is 7.10. The summed E-state index contributed by atoms with van der Waals surface area (Å²) in [6.45, 7) is 21.9. The van der Waals surface area contributed by atoms with E-state index in [0.717, 1.165) is 45.4 Å². The van der Waals surface area contributed by atoms with Gasteiger partial charge in [0.25, 0.3) is 0 Å². The van der Waals surface area contributed by atoms with Crippen LogP contribution in [0, 0.1) is 18.3 Å². The van der Waals surface area contributed by atoms with Crippen LogP contribution in [0.2, 0.25) is 0 Å². The summed E-state index contributed by atoms with van der Waals surface area (Å²) in [6.07, 6.45) is 3.96. The fourth-order valence-corrected chi connectivity index (χ4v) is 4.95. The van der Waals surface area contributed by atoms with E-state index in [9.17, 15) is 4.79 Å². The second-order valence-electron chi connectivity index (χ2n) is 9.64. The molecule has 3 nitrogen and oxygen atoms in total. The summed E-state index contributed by atoms with van der Waals surface area (Å²) >= 11 is 1.78. The Kier molecular flexibility index (Phi) is 10.8. The summed E-state index contributed by atoms with van der Waals surface area (Å²) in [6, 6.07) is 2.45. The minimum absolute atomic E-state index is 0.268. The van der Waals surface area contributed by atoms with Gasteiger partial charge in [0.15, 0.2) is 0 Å². The summed E-state index contributed by atoms with van der Waals surface area (Å²) < 4.78 is 0. The fraction of sp³-hybridized carbons (Fsp3) is 0.792. The minimum Gasteiger partial charge on any atom is -0.335 e. The van der Waals surface area contributed by atoms with Gasteiger partial charge in [0.05, 0.1) is 6.54 Å². The van der Waals surface area contributed by atoms with Crippen molar-refractivity contribution in [1.29, 1.82) is 0 Å². The lowest BCUT2D eigenvalue weighted by atomic mass is 9.84. The lowest BCUT2D eigenvalue weighted by molar-refractivity contribution is -0.135. The van der Waals surface area contributed by atoms with Crippen molar-refractivity contribution in [2.45, 2.75) is 93.7 Å². The van der Waals surface area contributed by atoms with Crippen molar-refractivity contribution in [2.24, 2.45) is 11.3 Å². The van der Waals surface area contributed by atoms with E-state index in [-0.39, 0.29) is 11.5 Å². The molecular weight excluding hydrogens is 364 g/mol. The Labute approximate surface area is 178 Å². The number of nitrogens with zero attached hydrogens (tertiary/aromatic N) is 2. The molecule has 2 atom stereocenters. The number of hydrogen-bond donors (Lipinski definition) is 0. The first-order chi connectivity index (χ1) is 13.1. The zero-order valence-electron chi connectivity index (χ0n) is 19.7. The highest BCUT2D eigenvalue weighted by Crippen LogP contribution is 2.28. The first kappa shape index (κ1) is 25.2. The molecule has 0 spiro atoms. The van der Waals surface area contributed by atoms with Crippen molar-refractivity contribution in [3.8, 4) is 0 Å².